The molecular weight excluding hydrogens is 360 g/mol. The highest BCUT2D eigenvalue weighted by atomic mass is 35.5. The Morgan fingerprint density at radius 1 is 1.24 bits per heavy atom. The lowest BCUT2D eigenvalue weighted by molar-refractivity contribution is 0.0951. The summed E-state index contributed by atoms with van der Waals surface area (Å²) in [4.78, 5) is 12.4. The van der Waals surface area contributed by atoms with E-state index in [0.717, 1.165) is 24.0 Å². The Labute approximate surface area is 152 Å². The molecule has 0 aromatic heterocycles. The molecule has 132 valence electrons. The van der Waals surface area contributed by atoms with E-state index in [1.54, 1.807) is 30.3 Å². The van der Waals surface area contributed by atoms with E-state index in [1.807, 2.05) is 12.1 Å². The second kappa shape index (κ2) is 7.06. The topological polar surface area (TPSA) is 66.5 Å². The van der Waals surface area contributed by atoms with Gasteiger partial charge in [-0.25, -0.2) is 8.42 Å². The number of halogens is 1. The fourth-order valence-corrected chi connectivity index (χ4v) is 4.19. The van der Waals surface area contributed by atoms with Gasteiger partial charge < -0.3 is 5.32 Å². The van der Waals surface area contributed by atoms with Crippen LogP contribution in [0.5, 0.6) is 0 Å². The van der Waals surface area contributed by atoms with Crippen LogP contribution in [-0.2, 0) is 23.0 Å². The van der Waals surface area contributed by atoms with Crippen molar-refractivity contribution in [3.63, 3.8) is 0 Å². The number of amides is 1. The first-order valence-corrected chi connectivity index (χ1v) is 10.2. The van der Waals surface area contributed by atoms with Gasteiger partial charge in [0.25, 0.3) is 5.91 Å². The number of sulfonamides is 1. The number of aryl methyl sites for hydroxylation is 1. The minimum atomic E-state index is -3.30. The van der Waals surface area contributed by atoms with Crippen LogP contribution >= 0.6 is 11.6 Å². The third-order valence-electron chi connectivity index (χ3n) is 4.16. The molecule has 2 aromatic carbocycles. The van der Waals surface area contributed by atoms with E-state index in [9.17, 15) is 13.2 Å². The van der Waals surface area contributed by atoms with Gasteiger partial charge in [0.15, 0.2) is 0 Å². The van der Waals surface area contributed by atoms with E-state index in [4.69, 9.17) is 11.6 Å². The number of nitrogens with one attached hydrogen (secondary N) is 1. The third-order valence-corrected chi connectivity index (χ3v) is 5.58. The first-order chi connectivity index (χ1) is 11.8. The number of rotatable bonds is 4. The van der Waals surface area contributed by atoms with Crippen LogP contribution in [0.3, 0.4) is 0 Å². The quantitative estimate of drug-likeness (QED) is 0.889. The van der Waals surface area contributed by atoms with Gasteiger partial charge in [0.1, 0.15) is 0 Å². The number of carbonyl (C=O) groups is 1. The number of carbonyl (C=O) groups excluding carboxylic acids is 1. The van der Waals surface area contributed by atoms with Crippen molar-refractivity contribution in [2.24, 2.45) is 0 Å². The van der Waals surface area contributed by atoms with Crippen molar-refractivity contribution < 1.29 is 13.2 Å². The van der Waals surface area contributed by atoms with Gasteiger partial charge in [-0.1, -0.05) is 23.7 Å². The van der Waals surface area contributed by atoms with Gasteiger partial charge in [-0.05, 0) is 54.3 Å². The first-order valence-electron chi connectivity index (χ1n) is 7.98. The summed E-state index contributed by atoms with van der Waals surface area (Å²) in [5.74, 6) is -0.195. The Morgan fingerprint density at radius 3 is 2.76 bits per heavy atom. The fraction of sp³-hybridized carbons (Fsp3) is 0.278. The van der Waals surface area contributed by atoms with Crippen LogP contribution in [0.1, 0.15) is 27.9 Å². The lowest BCUT2D eigenvalue weighted by atomic mass is 10.0. The normalized spacial score (nSPS) is 14.1. The molecule has 1 amide bonds. The summed E-state index contributed by atoms with van der Waals surface area (Å²) in [5, 5.41) is 3.49. The second-order valence-electron chi connectivity index (χ2n) is 6.09. The van der Waals surface area contributed by atoms with E-state index in [1.165, 1.54) is 10.6 Å². The molecule has 0 saturated carbocycles. The van der Waals surface area contributed by atoms with Crippen LogP contribution in [0.2, 0.25) is 5.02 Å². The molecule has 1 aliphatic heterocycles. The van der Waals surface area contributed by atoms with Crippen molar-refractivity contribution in [2.75, 3.05) is 17.1 Å². The fourth-order valence-electron chi connectivity index (χ4n) is 2.98. The van der Waals surface area contributed by atoms with Crippen LogP contribution < -0.4 is 9.62 Å². The monoisotopic (exact) mass is 378 g/mol. The van der Waals surface area contributed by atoms with Gasteiger partial charge in [0.2, 0.25) is 10.0 Å². The Bertz CT molecular complexity index is 912. The summed E-state index contributed by atoms with van der Waals surface area (Å²) in [6.45, 7) is 0.859. The van der Waals surface area contributed by atoms with E-state index >= 15 is 0 Å². The molecule has 0 aliphatic carbocycles. The van der Waals surface area contributed by atoms with E-state index in [-0.39, 0.29) is 5.91 Å². The van der Waals surface area contributed by atoms with Crippen LogP contribution in [0.25, 0.3) is 0 Å². The lowest BCUT2D eigenvalue weighted by Gasteiger charge is -2.29. The SMILES string of the molecule is CS(=O)(=O)N1CCCc2cc(C(=O)NCc3cccc(Cl)c3)ccc21. The van der Waals surface area contributed by atoms with E-state index in [2.05, 4.69) is 5.32 Å². The van der Waals surface area contributed by atoms with Crippen LogP contribution in [0, 0.1) is 0 Å². The standard InChI is InChI=1S/C18H19ClN2O3S/c1-25(23,24)21-9-3-5-14-11-15(7-8-17(14)21)18(22)20-12-13-4-2-6-16(19)10-13/h2,4,6-8,10-11H,3,5,9,12H2,1H3,(H,20,22). The molecule has 0 fully saturated rings. The molecule has 1 heterocycles. The molecule has 0 unspecified atom stereocenters. The molecular formula is C18H19ClN2O3S. The summed E-state index contributed by atoms with van der Waals surface area (Å²) in [7, 11) is -3.30. The molecule has 0 atom stereocenters. The highest BCUT2D eigenvalue weighted by Gasteiger charge is 2.24. The molecule has 5 nitrogen and oxygen atoms in total. The molecule has 1 aliphatic rings. The summed E-state index contributed by atoms with van der Waals surface area (Å²) in [6, 6.07) is 12.5. The average molecular weight is 379 g/mol. The smallest absolute Gasteiger partial charge is 0.251 e. The predicted octanol–water partition coefficient (Wildman–Crippen LogP) is 2.98. The average Bonchev–Trinajstić information content (AvgIpc) is 2.58. The van der Waals surface area contributed by atoms with Crippen molar-refractivity contribution in [3.8, 4) is 0 Å². The zero-order valence-electron chi connectivity index (χ0n) is 13.8. The largest absolute Gasteiger partial charge is 0.348 e. The van der Waals surface area contributed by atoms with Crippen LogP contribution in [0.15, 0.2) is 42.5 Å². The van der Waals surface area contributed by atoms with Gasteiger partial charge in [-0.3, -0.25) is 9.10 Å². The van der Waals surface area contributed by atoms with E-state index < -0.39 is 10.0 Å². The Hall–Kier alpha value is -2.05. The summed E-state index contributed by atoms with van der Waals surface area (Å²) >= 11 is 5.94. The number of fused-ring (bicyclic) bond motifs is 1. The number of nitrogens with zero attached hydrogens (tertiary/aromatic N) is 1. The van der Waals surface area contributed by atoms with Crippen molar-refractivity contribution >= 4 is 33.2 Å². The molecule has 7 heteroatoms. The molecule has 0 spiro atoms. The van der Waals surface area contributed by atoms with Gasteiger partial charge in [-0.15, -0.1) is 0 Å². The maximum absolute atomic E-state index is 12.4. The molecule has 3 rings (SSSR count). The number of hydrogen-bond donors (Lipinski definition) is 1. The van der Waals surface area contributed by atoms with Gasteiger partial charge in [0, 0.05) is 23.7 Å². The van der Waals surface area contributed by atoms with Crippen molar-refractivity contribution in [2.45, 2.75) is 19.4 Å². The lowest BCUT2D eigenvalue weighted by Crippen LogP contribution is -2.34. The maximum atomic E-state index is 12.4. The molecule has 0 radical (unpaired) electrons. The molecule has 0 saturated heterocycles. The Morgan fingerprint density at radius 2 is 2.04 bits per heavy atom. The number of benzene rings is 2. The van der Waals surface area contributed by atoms with Crippen LogP contribution in [0.4, 0.5) is 5.69 Å². The molecule has 25 heavy (non-hydrogen) atoms. The zero-order chi connectivity index (χ0) is 18.0. The molecule has 2 aromatic rings. The minimum absolute atomic E-state index is 0.195. The second-order valence-corrected chi connectivity index (χ2v) is 8.44. The van der Waals surface area contributed by atoms with Gasteiger partial charge >= 0.3 is 0 Å². The van der Waals surface area contributed by atoms with E-state index in [0.29, 0.717) is 29.4 Å². The number of hydrogen-bond acceptors (Lipinski definition) is 3. The Kier molecular flexibility index (Phi) is 5.01. The summed E-state index contributed by atoms with van der Waals surface area (Å²) in [5.41, 5.74) is 2.99. The van der Waals surface area contributed by atoms with Crippen LogP contribution in [-0.4, -0.2) is 27.1 Å². The minimum Gasteiger partial charge on any atom is -0.348 e. The van der Waals surface area contributed by atoms with Crippen molar-refractivity contribution in [3.05, 3.63) is 64.2 Å². The predicted molar refractivity (Wildman–Crippen MR) is 99.6 cm³/mol. The number of anilines is 1. The molecule has 0 bridgehead atoms. The first kappa shape index (κ1) is 17.8. The van der Waals surface area contributed by atoms with Crippen molar-refractivity contribution in [1.82, 2.24) is 5.32 Å². The Balaban J connectivity index is 1.76. The highest BCUT2D eigenvalue weighted by molar-refractivity contribution is 7.92. The van der Waals surface area contributed by atoms with Crippen molar-refractivity contribution in [1.29, 1.82) is 0 Å². The summed E-state index contributed by atoms with van der Waals surface area (Å²) in [6.07, 6.45) is 2.71. The maximum Gasteiger partial charge on any atom is 0.251 e. The van der Waals surface area contributed by atoms with Gasteiger partial charge in [-0.2, -0.15) is 0 Å². The third kappa shape index (κ3) is 4.14. The zero-order valence-corrected chi connectivity index (χ0v) is 15.4. The molecule has 1 N–H and O–H groups in total. The van der Waals surface area contributed by atoms with Gasteiger partial charge in [0.05, 0.1) is 11.9 Å². The highest BCUT2D eigenvalue weighted by Crippen LogP contribution is 2.29. The summed E-state index contributed by atoms with van der Waals surface area (Å²) < 4.78 is 25.2.